The van der Waals surface area contributed by atoms with Crippen LogP contribution in [0.2, 0.25) is 0 Å². The second kappa shape index (κ2) is 7.59. The summed E-state index contributed by atoms with van der Waals surface area (Å²) in [6, 6.07) is 23.3. The first kappa shape index (κ1) is 19.0. The Morgan fingerprint density at radius 1 is 0.857 bits per heavy atom. The molecule has 5 heteroatoms. The van der Waals surface area contributed by atoms with Crippen molar-refractivity contribution in [1.29, 1.82) is 0 Å². The number of sulfonamides is 1. The molecule has 0 N–H and O–H groups in total. The van der Waals surface area contributed by atoms with Gasteiger partial charge in [-0.3, -0.25) is 0 Å². The van der Waals surface area contributed by atoms with Crippen LogP contribution >= 0.6 is 0 Å². The van der Waals surface area contributed by atoms with Crippen LogP contribution in [0.15, 0.2) is 83.8 Å². The van der Waals surface area contributed by atoms with Crippen LogP contribution in [0.25, 0.3) is 4.47 Å². The van der Waals surface area contributed by atoms with Crippen LogP contribution in [-0.2, 0) is 10.0 Å². The topological polar surface area (TPSA) is 37.4 Å². The van der Waals surface area contributed by atoms with Gasteiger partial charge in [-0.15, -0.1) is 0 Å². The Morgan fingerprint density at radius 3 is 2.29 bits per heavy atom. The molecule has 0 bridgehead atoms. The standard InChI is InChI=1S/C23H21NO2SSe/c1-17-11-13-19(14-12-17)27(25,26)24-16-15-22(28-20-8-4-3-5-9-20)23-18(2)7-6-10-21(23)24/h3-15H,16H2,1-2H3. The Labute approximate surface area is 172 Å². The van der Waals surface area contributed by atoms with Crippen LogP contribution in [0.4, 0.5) is 5.69 Å². The molecule has 28 heavy (non-hydrogen) atoms. The van der Waals surface area contributed by atoms with E-state index in [1.54, 1.807) is 12.1 Å². The van der Waals surface area contributed by atoms with Gasteiger partial charge < -0.3 is 0 Å². The van der Waals surface area contributed by atoms with E-state index in [2.05, 4.69) is 31.2 Å². The first-order chi connectivity index (χ1) is 13.5. The SMILES string of the molecule is Cc1ccc(S(=O)(=O)N2CC=C([Se]c3ccccc3)c3c(C)cccc32)cc1. The fourth-order valence-corrected chi connectivity index (χ4v) is 6.99. The van der Waals surface area contributed by atoms with E-state index in [4.69, 9.17) is 0 Å². The second-order valence-electron chi connectivity index (χ2n) is 6.80. The average Bonchev–Trinajstić information content (AvgIpc) is 2.69. The molecule has 3 nitrogen and oxygen atoms in total. The number of hydrogen-bond acceptors (Lipinski definition) is 2. The molecule has 0 radical (unpaired) electrons. The zero-order valence-electron chi connectivity index (χ0n) is 15.8. The van der Waals surface area contributed by atoms with Gasteiger partial charge in [0.25, 0.3) is 0 Å². The maximum atomic E-state index is 13.3. The number of anilines is 1. The summed E-state index contributed by atoms with van der Waals surface area (Å²) in [6.07, 6.45) is 2.08. The summed E-state index contributed by atoms with van der Waals surface area (Å²) in [7, 11) is -3.61. The van der Waals surface area contributed by atoms with Crippen molar-refractivity contribution in [2.45, 2.75) is 18.7 Å². The van der Waals surface area contributed by atoms with E-state index in [9.17, 15) is 8.42 Å². The van der Waals surface area contributed by atoms with Crippen LogP contribution in [-0.4, -0.2) is 29.9 Å². The summed E-state index contributed by atoms with van der Waals surface area (Å²) < 4.78 is 30.7. The molecule has 142 valence electrons. The molecule has 0 aromatic heterocycles. The van der Waals surface area contributed by atoms with Crippen molar-refractivity contribution in [2.24, 2.45) is 0 Å². The third-order valence-electron chi connectivity index (χ3n) is 4.79. The van der Waals surface area contributed by atoms with E-state index in [0.717, 1.165) is 22.4 Å². The normalized spacial score (nSPS) is 13.8. The molecule has 4 rings (SSSR count). The first-order valence-electron chi connectivity index (χ1n) is 9.09. The van der Waals surface area contributed by atoms with Gasteiger partial charge in [0.15, 0.2) is 0 Å². The second-order valence-corrected chi connectivity index (χ2v) is 11.0. The molecule has 1 aliphatic heterocycles. The number of hydrogen-bond donors (Lipinski definition) is 0. The molecule has 0 fully saturated rings. The molecular formula is C23H21NO2SSe. The van der Waals surface area contributed by atoms with Gasteiger partial charge in [0.1, 0.15) is 0 Å². The summed E-state index contributed by atoms with van der Waals surface area (Å²) in [4.78, 5) is 0.330. The van der Waals surface area contributed by atoms with E-state index in [1.165, 1.54) is 13.2 Å². The zero-order valence-corrected chi connectivity index (χ0v) is 18.3. The Kier molecular flexibility index (Phi) is 5.15. The van der Waals surface area contributed by atoms with Crippen LogP contribution < -0.4 is 8.77 Å². The Bertz CT molecular complexity index is 1140. The van der Waals surface area contributed by atoms with Crippen molar-refractivity contribution < 1.29 is 8.42 Å². The Morgan fingerprint density at radius 2 is 1.57 bits per heavy atom. The van der Waals surface area contributed by atoms with Crippen LogP contribution in [0.1, 0.15) is 16.7 Å². The van der Waals surface area contributed by atoms with Gasteiger partial charge in [-0.2, -0.15) is 0 Å². The van der Waals surface area contributed by atoms with Gasteiger partial charge >= 0.3 is 173 Å². The van der Waals surface area contributed by atoms with Gasteiger partial charge in [-0.05, 0) is 0 Å². The molecule has 0 aliphatic carbocycles. The predicted octanol–water partition coefficient (Wildman–Crippen LogP) is 3.88. The van der Waals surface area contributed by atoms with E-state index in [-0.39, 0.29) is 15.0 Å². The van der Waals surface area contributed by atoms with Gasteiger partial charge in [0.05, 0.1) is 0 Å². The van der Waals surface area contributed by atoms with Gasteiger partial charge in [0, 0.05) is 0 Å². The molecular weight excluding hydrogens is 433 g/mol. The first-order valence-corrected chi connectivity index (χ1v) is 12.2. The van der Waals surface area contributed by atoms with Crippen molar-refractivity contribution in [3.8, 4) is 0 Å². The minimum absolute atomic E-state index is 0.127. The predicted molar refractivity (Wildman–Crippen MR) is 117 cm³/mol. The molecule has 1 aliphatic rings. The van der Waals surface area contributed by atoms with Crippen LogP contribution in [0.5, 0.6) is 0 Å². The number of benzene rings is 3. The van der Waals surface area contributed by atoms with Crippen molar-refractivity contribution >= 4 is 39.6 Å². The van der Waals surface area contributed by atoms with Crippen LogP contribution in [0.3, 0.4) is 0 Å². The van der Waals surface area contributed by atoms with E-state index in [0.29, 0.717) is 11.4 Å². The van der Waals surface area contributed by atoms with Crippen molar-refractivity contribution in [3.63, 3.8) is 0 Å². The summed E-state index contributed by atoms with van der Waals surface area (Å²) in [5, 5.41) is 0. The fraction of sp³-hybridized carbons (Fsp3) is 0.130. The quantitative estimate of drug-likeness (QED) is 0.561. The number of fused-ring (bicyclic) bond motifs is 1. The zero-order chi connectivity index (χ0) is 19.7. The molecule has 0 atom stereocenters. The molecule has 1 heterocycles. The summed E-state index contributed by atoms with van der Waals surface area (Å²) >= 11 is 0.127. The molecule has 3 aromatic carbocycles. The van der Waals surface area contributed by atoms with E-state index < -0.39 is 10.0 Å². The third kappa shape index (κ3) is 3.53. The van der Waals surface area contributed by atoms with Crippen LogP contribution in [0, 0.1) is 13.8 Å². The van der Waals surface area contributed by atoms with Gasteiger partial charge in [-0.1, -0.05) is 0 Å². The molecule has 3 aromatic rings. The van der Waals surface area contributed by atoms with Gasteiger partial charge in [-0.25, -0.2) is 0 Å². The average molecular weight is 454 g/mol. The molecule has 0 amide bonds. The molecule has 0 spiro atoms. The fourth-order valence-electron chi connectivity index (χ4n) is 3.32. The van der Waals surface area contributed by atoms with E-state index in [1.807, 2.05) is 49.4 Å². The third-order valence-corrected chi connectivity index (χ3v) is 8.89. The number of nitrogens with zero attached hydrogens (tertiary/aromatic N) is 1. The summed E-state index contributed by atoms with van der Waals surface area (Å²) in [6.45, 7) is 4.36. The van der Waals surface area contributed by atoms with Crippen molar-refractivity contribution in [3.05, 3.63) is 95.6 Å². The number of aryl methyl sites for hydroxylation is 2. The monoisotopic (exact) mass is 455 g/mol. The Balaban J connectivity index is 1.77. The summed E-state index contributed by atoms with van der Waals surface area (Å²) in [5.41, 5.74) is 3.97. The summed E-state index contributed by atoms with van der Waals surface area (Å²) in [5.74, 6) is 0. The Hall–Kier alpha value is -2.33. The van der Waals surface area contributed by atoms with Crippen molar-refractivity contribution in [2.75, 3.05) is 10.8 Å². The molecule has 0 saturated heterocycles. The molecule has 0 saturated carbocycles. The minimum atomic E-state index is -3.61. The van der Waals surface area contributed by atoms with Crippen molar-refractivity contribution in [1.82, 2.24) is 0 Å². The van der Waals surface area contributed by atoms with Gasteiger partial charge in [0.2, 0.25) is 0 Å². The number of rotatable bonds is 4. The molecule has 0 unspecified atom stereocenters. The maximum absolute atomic E-state index is 13.3. The van der Waals surface area contributed by atoms with E-state index >= 15 is 0 Å².